The Morgan fingerprint density at radius 1 is 1.60 bits per heavy atom. The van der Waals surface area contributed by atoms with E-state index in [1.165, 1.54) is 5.00 Å². The van der Waals surface area contributed by atoms with Gasteiger partial charge in [0.25, 0.3) is 0 Å². The van der Waals surface area contributed by atoms with E-state index < -0.39 is 0 Å². The summed E-state index contributed by atoms with van der Waals surface area (Å²) < 4.78 is 0. The second-order valence-electron chi connectivity index (χ2n) is 0.0745. The maximum absolute atomic E-state index is 7.18. The van der Waals surface area contributed by atoms with E-state index >= 15 is 0 Å². The van der Waals surface area contributed by atoms with Gasteiger partial charge in [-0.3, -0.25) is 0 Å². The third-order valence-electron chi connectivity index (χ3n) is 0. The van der Waals surface area contributed by atoms with Gasteiger partial charge in [-0.1, -0.05) is 0 Å². The molecule has 0 aromatic heterocycles. The van der Waals surface area contributed by atoms with Gasteiger partial charge in [0.15, 0.2) is 0 Å². The molecule has 30 valence electrons. The molecule has 0 radical (unpaired) electrons. The monoisotopic (exact) mass is 261 g/mol. The molecule has 0 aliphatic heterocycles. The zero-order valence-corrected chi connectivity index (χ0v) is 7.12. The van der Waals surface area contributed by atoms with Crippen molar-refractivity contribution >= 4 is 24.0 Å². The van der Waals surface area contributed by atoms with Crippen LogP contribution in [0, 0.1) is 10.3 Å². The summed E-state index contributed by atoms with van der Waals surface area (Å²) in [6.07, 6.45) is 0. The molecule has 0 rings (SSSR count). The molecule has 0 saturated heterocycles. The van der Waals surface area contributed by atoms with Crippen LogP contribution >= 0.6 is 24.0 Å². The number of nitrogens with zero attached hydrogens (tertiary/aromatic N) is 1. The van der Waals surface area contributed by atoms with Crippen LogP contribution in [-0.4, -0.2) is 0 Å². The Balaban J connectivity index is -0.0000000200. The molecule has 0 atom stereocenters. The average Bonchev–Trinajstić information content (AvgIpc) is 0.918. The van der Waals surface area contributed by atoms with Crippen molar-refractivity contribution in [1.29, 1.82) is 5.26 Å². The van der Waals surface area contributed by atoms with Gasteiger partial charge in [0.05, 0.1) is 0 Å². The van der Waals surface area contributed by atoms with Gasteiger partial charge in [0, 0.05) is 21.7 Å². The maximum atomic E-state index is 7.18. The molecule has 0 heterocycles. The Morgan fingerprint density at radius 2 is 1.60 bits per heavy atom. The maximum Gasteiger partial charge on any atom is 0 e. The van der Waals surface area contributed by atoms with Gasteiger partial charge in [-0.15, -0.1) is 24.0 Å². The van der Waals surface area contributed by atoms with E-state index in [9.17, 15) is 0 Å². The molecule has 4 heteroatoms. The smallest absolute Gasteiger partial charge is 0 e. The van der Waals surface area contributed by atoms with Crippen molar-refractivity contribution in [3.05, 3.63) is 0 Å². The number of nitriles is 1. The summed E-state index contributed by atoms with van der Waals surface area (Å²) in [6.45, 7) is 0. The molecule has 0 aromatic rings. The van der Waals surface area contributed by atoms with Crippen molar-refractivity contribution < 1.29 is 37.5 Å². The quantitative estimate of drug-likeness (QED) is 0.463. The van der Waals surface area contributed by atoms with Crippen LogP contribution in [0.4, 0.5) is 0 Å². The first-order valence-corrected chi connectivity index (χ1v) is 0.911. The second kappa shape index (κ2) is 18.0. The number of hydrogen-bond acceptors (Lipinski definition) is 1. The molecule has 1 nitrogen and oxygen atoms in total. The van der Waals surface area contributed by atoms with E-state index in [1.54, 1.807) is 0 Å². The van der Waals surface area contributed by atoms with Crippen molar-refractivity contribution in [3.8, 4) is 5.00 Å². The topological polar surface area (TPSA) is 23.8 Å². The van der Waals surface area contributed by atoms with Crippen molar-refractivity contribution in [2.45, 2.75) is 0 Å². The van der Waals surface area contributed by atoms with E-state index in [1.807, 2.05) is 0 Å². The zero-order chi connectivity index (χ0) is 2.71. The molecule has 0 bridgehead atoms. The average molecular weight is 261 g/mol. The van der Waals surface area contributed by atoms with Gasteiger partial charge in [-0.25, -0.2) is 0 Å². The summed E-state index contributed by atoms with van der Waals surface area (Å²) in [5.74, 6) is 0. The molecule has 0 saturated carbocycles. The fourth-order valence-corrected chi connectivity index (χ4v) is 0. The molecule has 0 spiro atoms. The zero-order valence-electron chi connectivity index (χ0n) is 2.19. The summed E-state index contributed by atoms with van der Waals surface area (Å²) in [6, 6.07) is 0. The summed E-state index contributed by atoms with van der Waals surface area (Å²) in [5, 5.41) is 8.62. The summed E-state index contributed by atoms with van der Waals surface area (Å²) in [7, 11) is 0. The second-order valence-corrected chi connectivity index (χ2v) is 0.307. The minimum absolute atomic E-state index is 0. The first-order chi connectivity index (χ1) is 1.41. The molecular formula is CHCoINTi. The molecule has 5 heavy (non-hydrogen) atoms. The van der Waals surface area contributed by atoms with Crippen LogP contribution in [0.15, 0.2) is 0 Å². The number of rotatable bonds is 0. The van der Waals surface area contributed by atoms with Crippen LogP contribution in [0.1, 0.15) is 0 Å². The summed E-state index contributed by atoms with van der Waals surface area (Å²) in [4.78, 5) is 0. The number of halogens is 1. The Kier molecular flexibility index (Phi) is 58.0. The summed E-state index contributed by atoms with van der Waals surface area (Å²) >= 11 is 3.13. The van der Waals surface area contributed by atoms with E-state index in [2.05, 4.69) is 15.7 Å². The fourth-order valence-electron chi connectivity index (χ4n) is 0. The Morgan fingerprint density at radius 3 is 1.60 bits per heavy atom. The standard InChI is InChI=1S/CN.Co.HI.Ti/c1-2;;;/h;;1H;. The van der Waals surface area contributed by atoms with Crippen LogP contribution in [-0.2, 0) is 37.5 Å². The van der Waals surface area contributed by atoms with E-state index in [0.717, 1.165) is 0 Å². The van der Waals surface area contributed by atoms with E-state index in [0.29, 0.717) is 0 Å². The predicted molar refractivity (Wildman–Crippen MR) is 21.0 cm³/mol. The van der Waals surface area contributed by atoms with Crippen LogP contribution in [0.3, 0.4) is 0 Å². The largest absolute Gasteiger partial charge is 0 e. The number of hydrogen-bond donors (Lipinski definition) is 0. The molecule has 0 unspecified atom stereocenters. The Bertz CT molecular complexity index is 33.1. The fraction of sp³-hybridized carbons (Fsp3) is 0. The van der Waals surface area contributed by atoms with Crippen LogP contribution in [0.5, 0.6) is 0 Å². The molecule has 0 aromatic carbocycles. The molecule has 0 aliphatic carbocycles. The molecular weight excluding hydrogens is 260 g/mol. The Hall–Kier alpha value is 1.44. The SMILES string of the molecule is I.N#[C][Co].[Ti]. The minimum Gasteiger partial charge on any atom is 0 e. The molecule has 0 aliphatic rings. The van der Waals surface area contributed by atoms with Crippen molar-refractivity contribution in [2.75, 3.05) is 0 Å². The molecule has 0 N–H and O–H groups in total. The van der Waals surface area contributed by atoms with E-state index in [-0.39, 0.29) is 45.7 Å². The van der Waals surface area contributed by atoms with Crippen LogP contribution in [0.2, 0.25) is 0 Å². The molecule has 0 fully saturated rings. The van der Waals surface area contributed by atoms with Gasteiger partial charge >= 0.3 is 26.0 Å². The van der Waals surface area contributed by atoms with Crippen molar-refractivity contribution in [1.82, 2.24) is 0 Å². The van der Waals surface area contributed by atoms with Gasteiger partial charge in [0.1, 0.15) is 0 Å². The van der Waals surface area contributed by atoms with Gasteiger partial charge < -0.3 is 0 Å². The van der Waals surface area contributed by atoms with Crippen molar-refractivity contribution in [2.24, 2.45) is 0 Å². The first-order valence-electron chi connectivity index (χ1n) is 0.390. The van der Waals surface area contributed by atoms with Crippen molar-refractivity contribution in [3.63, 3.8) is 0 Å². The third kappa shape index (κ3) is 31.0. The van der Waals surface area contributed by atoms with E-state index in [4.69, 9.17) is 5.26 Å². The Labute approximate surface area is 71.0 Å². The van der Waals surface area contributed by atoms with Crippen LogP contribution in [0.25, 0.3) is 0 Å². The third-order valence-corrected chi connectivity index (χ3v) is 0. The van der Waals surface area contributed by atoms with Gasteiger partial charge in [-0.2, -0.15) is 0 Å². The minimum atomic E-state index is 0. The summed E-state index contributed by atoms with van der Waals surface area (Å²) in [5.41, 5.74) is 0. The molecule has 0 amide bonds. The first kappa shape index (κ1) is 16.1. The van der Waals surface area contributed by atoms with Crippen LogP contribution < -0.4 is 0 Å². The normalized spacial score (nSPS) is 1.80. The van der Waals surface area contributed by atoms with Gasteiger partial charge in [0.2, 0.25) is 0 Å². The van der Waals surface area contributed by atoms with Gasteiger partial charge in [-0.05, 0) is 0 Å². The predicted octanol–water partition coefficient (Wildman–Crippen LogP) is 0.630.